The van der Waals surface area contributed by atoms with Crippen LogP contribution < -0.4 is 0 Å². The minimum atomic E-state index is -0.239. The molecule has 1 aromatic rings. The molecule has 13 heavy (non-hydrogen) atoms. The summed E-state index contributed by atoms with van der Waals surface area (Å²) in [5.74, 6) is -0.239. The van der Waals surface area contributed by atoms with E-state index >= 15 is 0 Å². The summed E-state index contributed by atoms with van der Waals surface area (Å²) in [7, 11) is 0. The zero-order chi connectivity index (χ0) is 9.26. The van der Waals surface area contributed by atoms with Gasteiger partial charge >= 0.3 is 5.97 Å². The number of ether oxygens (including phenoxy) is 1. The number of esters is 1. The number of aryl methyl sites for hydroxylation is 2. The Kier molecular flexibility index (Phi) is 2.08. The van der Waals surface area contributed by atoms with E-state index in [2.05, 4.69) is 4.98 Å². The van der Waals surface area contributed by atoms with Gasteiger partial charge in [0.2, 0.25) is 0 Å². The Morgan fingerprint density at radius 1 is 1.62 bits per heavy atom. The molecule has 0 unspecified atom stereocenters. The molecule has 0 spiro atoms. The van der Waals surface area contributed by atoms with Gasteiger partial charge in [0.1, 0.15) is 5.69 Å². The van der Waals surface area contributed by atoms with Crippen LogP contribution in [0.3, 0.4) is 0 Å². The lowest BCUT2D eigenvalue weighted by molar-refractivity contribution is 0.0520. The predicted octanol–water partition coefficient (Wildman–Crippen LogP) is 1.68. The lowest BCUT2D eigenvalue weighted by Crippen LogP contribution is -2.05. The van der Waals surface area contributed by atoms with Gasteiger partial charge < -0.3 is 9.72 Å². The van der Waals surface area contributed by atoms with E-state index in [1.165, 1.54) is 17.7 Å². The number of aromatic amines is 1. The highest BCUT2D eigenvalue weighted by molar-refractivity contribution is 5.88. The molecule has 1 heterocycles. The number of hydrogen-bond acceptors (Lipinski definition) is 2. The quantitative estimate of drug-likeness (QED) is 0.702. The van der Waals surface area contributed by atoms with Crippen molar-refractivity contribution in [3.63, 3.8) is 0 Å². The van der Waals surface area contributed by atoms with E-state index in [9.17, 15) is 4.79 Å². The van der Waals surface area contributed by atoms with Gasteiger partial charge in [-0.25, -0.2) is 4.79 Å². The fourth-order valence-corrected chi connectivity index (χ4v) is 1.76. The minimum absolute atomic E-state index is 0.239. The van der Waals surface area contributed by atoms with Gasteiger partial charge in [0, 0.05) is 5.69 Å². The third kappa shape index (κ3) is 1.46. The van der Waals surface area contributed by atoms with E-state index in [1.807, 2.05) is 13.0 Å². The van der Waals surface area contributed by atoms with Crippen LogP contribution in [0.4, 0.5) is 0 Å². The monoisotopic (exact) mass is 179 g/mol. The molecule has 3 heteroatoms. The molecule has 0 radical (unpaired) electrons. The van der Waals surface area contributed by atoms with Crippen molar-refractivity contribution < 1.29 is 9.53 Å². The van der Waals surface area contributed by atoms with E-state index in [4.69, 9.17) is 4.74 Å². The molecule has 1 aliphatic carbocycles. The summed E-state index contributed by atoms with van der Waals surface area (Å²) in [6.45, 7) is 2.25. The lowest BCUT2D eigenvalue weighted by Gasteiger charge is -1.97. The molecule has 0 amide bonds. The normalized spacial score (nSPS) is 14.2. The first kappa shape index (κ1) is 8.35. The van der Waals surface area contributed by atoms with Crippen LogP contribution in [0.2, 0.25) is 0 Å². The maximum absolute atomic E-state index is 11.3. The van der Waals surface area contributed by atoms with Crippen LogP contribution in [-0.2, 0) is 17.6 Å². The molecule has 0 saturated heterocycles. The summed E-state index contributed by atoms with van der Waals surface area (Å²) in [5.41, 5.74) is 3.10. The summed E-state index contributed by atoms with van der Waals surface area (Å²) in [5, 5.41) is 0. The Morgan fingerprint density at radius 3 is 3.15 bits per heavy atom. The van der Waals surface area contributed by atoms with E-state index in [0.717, 1.165) is 12.8 Å². The second kappa shape index (κ2) is 3.24. The van der Waals surface area contributed by atoms with Gasteiger partial charge in [0.25, 0.3) is 0 Å². The highest BCUT2D eigenvalue weighted by atomic mass is 16.5. The summed E-state index contributed by atoms with van der Waals surface area (Å²) in [4.78, 5) is 14.4. The van der Waals surface area contributed by atoms with E-state index < -0.39 is 0 Å². The predicted molar refractivity (Wildman–Crippen MR) is 48.8 cm³/mol. The average molecular weight is 179 g/mol. The zero-order valence-corrected chi connectivity index (χ0v) is 7.72. The molecule has 1 aliphatic rings. The molecule has 0 fully saturated rings. The zero-order valence-electron chi connectivity index (χ0n) is 7.72. The fraction of sp³-hybridized carbons (Fsp3) is 0.500. The van der Waals surface area contributed by atoms with Gasteiger partial charge in [0.15, 0.2) is 0 Å². The Labute approximate surface area is 77.1 Å². The molecule has 0 atom stereocenters. The third-order valence-corrected chi connectivity index (χ3v) is 2.36. The van der Waals surface area contributed by atoms with Crippen molar-refractivity contribution in [2.45, 2.75) is 26.2 Å². The van der Waals surface area contributed by atoms with Gasteiger partial charge in [-0.1, -0.05) is 0 Å². The first-order chi connectivity index (χ1) is 6.31. The second-order valence-electron chi connectivity index (χ2n) is 3.26. The van der Waals surface area contributed by atoms with Crippen LogP contribution in [0.1, 0.15) is 35.1 Å². The largest absolute Gasteiger partial charge is 0.461 e. The van der Waals surface area contributed by atoms with E-state index in [1.54, 1.807) is 0 Å². The first-order valence-electron chi connectivity index (χ1n) is 4.69. The number of aromatic nitrogens is 1. The first-order valence-corrected chi connectivity index (χ1v) is 4.69. The number of carbonyl (C=O) groups is 1. The van der Waals surface area contributed by atoms with Crippen molar-refractivity contribution in [2.24, 2.45) is 0 Å². The molecule has 1 N–H and O–H groups in total. The molecule has 2 rings (SSSR count). The fourth-order valence-electron chi connectivity index (χ4n) is 1.76. The maximum Gasteiger partial charge on any atom is 0.354 e. The smallest absolute Gasteiger partial charge is 0.354 e. The number of rotatable bonds is 2. The van der Waals surface area contributed by atoms with Crippen molar-refractivity contribution in [3.05, 3.63) is 23.0 Å². The van der Waals surface area contributed by atoms with Crippen LogP contribution >= 0.6 is 0 Å². The molecule has 1 aromatic heterocycles. The molecule has 0 aromatic carbocycles. The van der Waals surface area contributed by atoms with E-state index in [-0.39, 0.29) is 5.97 Å². The molecule has 0 bridgehead atoms. The standard InChI is InChI=1S/C10H13NO2/c1-2-13-10(12)9-6-7-4-3-5-8(7)11-9/h6,11H,2-5H2,1H3. The van der Waals surface area contributed by atoms with Crippen LogP contribution in [0.5, 0.6) is 0 Å². The minimum Gasteiger partial charge on any atom is -0.461 e. The van der Waals surface area contributed by atoms with Crippen molar-refractivity contribution >= 4 is 5.97 Å². The van der Waals surface area contributed by atoms with E-state index in [0.29, 0.717) is 12.3 Å². The van der Waals surface area contributed by atoms with Gasteiger partial charge in [-0.2, -0.15) is 0 Å². The highest BCUT2D eigenvalue weighted by Crippen LogP contribution is 2.22. The van der Waals surface area contributed by atoms with Gasteiger partial charge in [-0.15, -0.1) is 0 Å². The Bertz CT molecular complexity index is 306. The van der Waals surface area contributed by atoms with Gasteiger partial charge in [0.05, 0.1) is 6.61 Å². The average Bonchev–Trinajstić information content (AvgIpc) is 2.61. The topological polar surface area (TPSA) is 42.1 Å². The second-order valence-corrected chi connectivity index (χ2v) is 3.26. The Balaban J connectivity index is 2.18. The summed E-state index contributed by atoms with van der Waals surface area (Å²) in [6, 6.07) is 1.92. The summed E-state index contributed by atoms with van der Waals surface area (Å²) < 4.78 is 4.89. The van der Waals surface area contributed by atoms with Crippen molar-refractivity contribution in [2.75, 3.05) is 6.61 Å². The molecular formula is C10H13NO2. The molecule has 0 aliphatic heterocycles. The lowest BCUT2D eigenvalue weighted by atomic mass is 10.2. The van der Waals surface area contributed by atoms with Crippen LogP contribution in [0.25, 0.3) is 0 Å². The Morgan fingerprint density at radius 2 is 2.46 bits per heavy atom. The number of hydrogen-bond donors (Lipinski definition) is 1. The molecule has 0 saturated carbocycles. The summed E-state index contributed by atoms with van der Waals surface area (Å²) >= 11 is 0. The van der Waals surface area contributed by atoms with Crippen molar-refractivity contribution in [3.8, 4) is 0 Å². The molecule has 70 valence electrons. The van der Waals surface area contributed by atoms with Crippen LogP contribution in [-0.4, -0.2) is 17.6 Å². The van der Waals surface area contributed by atoms with Crippen LogP contribution in [0.15, 0.2) is 6.07 Å². The third-order valence-electron chi connectivity index (χ3n) is 2.36. The SMILES string of the molecule is CCOC(=O)c1cc2c([nH]1)CCC2. The van der Waals surface area contributed by atoms with Crippen molar-refractivity contribution in [1.82, 2.24) is 4.98 Å². The number of H-pyrrole nitrogens is 1. The Hall–Kier alpha value is -1.25. The van der Waals surface area contributed by atoms with Gasteiger partial charge in [-0.3, -0.25) is 0 Å². The number of carbonyl (C=O) groups excluding carboxylic acids is 1. The molecular weight excluding hydrogens is 166 g/mol. The summed E-state index contributed by atoms with van der Waals surface area (Å²) in [6.07, 6.45) is 3.35. The van der Waals surface area contributed by atoms with Crippen LogP contribution in [0, 0.1) is 0 Å². The number of fused-ring (bicyclic) bond motifs is 1. The van der Waals surface area contributed by atoms with Crippen molar-refractivity contribution in [1.29, 1.82) is 0 Å². The highest BCUT2D eigenvalue weighted by Gasteiger charge is 2.17. The maximum atomic E-state index is 11.3. The van der Waals surface area contributed by atoms with Gasteiger partial charge in [-0.05, 0) is 37.8 Å². The number of nitrogens with one attached hydrogen (secondary N) is 1. The molecule has 3 nitrogen and oxygen atoms in total.